The molecule has 1 aromatic carbocycles. The van der Waals surface area contributed by atoms with E-state index >= 15 is 0 Å². The Kier molecular flexibility index (Phi) is 3.95. The maximum Gasteiger partial charge on any atom is 0.322 e. The van der Waals surface area contributed by atoms with Gasteiger partial charge in [-0.15, -0.1) is 0 Å². The van der Waals surface area contributed by atoms with Gasteiger partial charge in [0.1, 0.15) is 10.9 Å². The second-order valence-corrected chi connectivity index (χ2v) is 6.35. The van der Waals surface area contributed by atoms with E-state index in [-0.39, 0.29) is 6.42 Å². The van der Waals surface area contributed by atoms with Gasteiger partial charge in [0, 0.05) is 13.0 Å². The first-order chi connectivity index (χ1) is 9.66. The van der Waals surface area contributed by atoms with Crippen molar-refractivity contribution in [2.24, 2.45) is 0 Å². The van der Waals surface area contributed by atoms with Crippen molar-refractivity contribution >= 4 is 16.0 Å². The molecule has 2 unspecified atom stereocenters. The van der Waals surface area contributed by atoms with Crippen molar-refractivity contribution in [1.82, 2.24) is 4.31 Å². The summed E-state index contributed by atoms with van der Waals surface area (Å²) in [6.07, 6.45) is -1.62. The smallest absolute Gasteiger partial charge is 0.322 e. The zero-order chi connectivity index (χ0) is 15.9. The summed E-state index contributed by atoms with van der Waals surface area (Å²) in [6, 6.07) is -0.669. The van der Waals surface area contributed by atoms with Crippen LogP contribution in [-0.4, -0.2) is 47.6 Å². The van der Waals surface area contributed by atoms with Gasteiger partial charge in [-0.1, -0.05) is 0 Å². The second kappa shape index (κ2) is 5.28. The van der Waals surface area contributed by atoms with Crippen LogP contribution in [0.15, 0.2) is 17.0 Å². The molecule has 0 aliphatic carbocycles. The number of carboxylic acid groups (broad SMARTS) is 1. The number of aliphatic hydroxyl groups is 1. The Labute approximate surface area is 117 Å². The zero-order valence-corrected chi connectivity index (χ0v) is 11.1. The molecule has 0 radical (unpaired) electrons. The average molecular weight is 325 g/mol. The topological polar surface area (TPSA) is 94.9 Å². The van der Waals surface area contributed by atoms with E-state index in [1.54, 1.807) is 0 Å². The number of benzene rings is 1. The molecule has 6 nitrogen and oxygen atoms in total. The Morgan fingerprint density at radius 3 is 2.43 bits per heavy atom. The van der Waals surface area contributed by atoms with Crippen LogP contribution in [0.25, 0.3) is 0 Å². The third-order valence-corrected chi connectivity index (χ3v) is 5.00. The molecule has 0 bridgehead atoms. The van der Waals surface area contributed by atoms with Crippen molar-refractivity contribution in [3.63, 3.8) is 0 Å². The lowest BCUT2D eigenvalue weighted by Gasteiger charge is -2.21. The predicted octanol–water partition coefficient (Wildman–Crippen LogP) is 0.312. The quantitative estimate of drug-likeness (QED) is 0.780. The normalized spacial score (nSPS) is 23.4. The molecule has 2 rings (SSSR count). The van der Waals surface area contributed by atoms with Crippen molar-refractivity contribution in [2.75, 3.05) is 6.54 Å². The lowest BCUT2D eigenvalue weighted by molar-refractivity contribution is -0.140. The lowest BCUT2D eigenvalue weighted by Crippen LogP contribution is -2.40. The second-order valence-electron chi connectivity index (χ2n) is 4.49. The summed E-state index contributed by atoms with van der Waals surface area (Å²) in [5.41, 5.74) is 0. The highest BCUT2D eigenvalue weighted by molar-refractivity contribution is 7.89. The van der Waals surface area contributed by atoms with E-state index in [0.29, 0.717) is 16.4 Å². The number of aliphatic hydroxyl groups excluding tert-OH is 1. The summed E-state index contributed by atoms with van der Waals surface area (Å²) < 4.78 is 64.3. The third kappa shape index (κ3) is 2.61. The van der Waals surface area contributed by atoms with Gasteiger partial charge in [-0.25, -0.2) is 21.6 Å². The number of hydrogen-bond acceptors (Lipinski definition) is 4. The Hall–Kier alpha value is -1.65. The lowest BCUT2D eigenvalue weighted by atomic mass is 10.2. The van der Waals surface area contributed by atoms with Crippen molar-refractivity contribution in [1.29, 1.82) is 0 Å². The first-order valence-corrected chi connectivity index (χ1v) is 7.16. The minimum Gasteiger partial charge on any atom is -0.480 e. The van der Waals surface area contributed by atoms with Crippen LogP contribution in [0.1, 0.15) is 6.42 Å². The molecule has 0 aromatic heterocycles. The SMILES string of the molecule is O=C(O)C1CC(O)CN1S(=O)(=O)c1ccc(F)c(F)c1F. The number of aliphatic carboxylic acids is 1. The van der Waals surface area contributed by atoms with E-state index in [0.717, 1.165) is 0 Å². The van der Waals surface area contributed by atoms with Crippen LogP contribution < -0.4 is 0 Å². The molecule has 116 valence electrons. The molecular weight excluding hydrogens is 315 g/mol. The van der Waals surface area contributed by atoms with Gasteiger partial charge in [0.15, 0.2) is 17.5 Å². The van der Waals surface area contributed by atoms with E-state index in [4.69, 9.17) is 5.11 Å². The zero-order valence-electron chi connectivity index (χ0n) is 10.3. The molecule has 1 aliphatic rings. The summed E-state index contributed by atoms with van der Waals surface area (Å²) in [7, 11) is -4.72. The number of halogens is 3. The summed E-state index contributed by atoms with van der Waals surface area (Å²) >= 11 is 0. The van der Waals surface area contributed by atoms with E-state index in [1.165, 1.54) is 0 Å². The average Bonchev–Trinajstić information content (AvgIpc) is 2.79. The first kappa shape index (κ1) is 15.7. The largest absolute Gasteiger partial charge is 0.480 e. The highest BCUT2D eigenvalue weighted by Gasteiger charge is 2.44. The molecule has 0 saturated carbocycles. The van der Waals surface area contributed by atoms with Gasteiger partial charge in [0.2, 0.25) is 10.0 Å². The molecule has 1 aromatic rings. The van der Waals surface area contributed by atoms with Crippen molar-refractivity contribution < 1.29 is 36.6 Å². The van der Waals surface area contributed by atoms with Gasteiger partial charge in [0.25, 0.3) is 0 Å². The van der Waals surface area contributed by atoms with Crippen LogP contribution in [0.3, 0.4) is 0 Å². The van der Waals surface area contributed by atoms with Crippen molar-refractivity contribution in [3.8, 4) is 0 Å². The van der Waals surface area contributed by atoms with Crippen LogP contribution >= 0.6 is 0 Å². The molecule has 2 atom stereocenters. The van der Waals surface area contributed by atoms with Crippen LogP contribution in [0.4, 0.5) is 13.2 Å². The highest BCUT2D eigenvalue weighted by atomic mass is 32.2. The monoisotopic (exact) mass is 325 g/mol. The molecule has 0 amide bonds. The van der Waals surface area contributed by atoms with E-state index in [9.17, 15) is 31.5 Å². The molecule has 1 heterocycles. The first-order valence-electron chi connectivity index (χ1n) is 5.72. The Morgan fingerprint density at radius 1 is 1.24 bits per heavy atom. The van der Waals surface area contributed by atoms with Gasteiger partial charge in [-0.3, -0.25) is 4.79 Å². The summed E-state index contributed by atoms with van der Waals surface area (Å²) in [4.78, 5) is 9.82. The van der Waals surface area contributed by atoms with Crippen LogP contribution in [0, 0.1) is 17.5 Å². The number of carboxylic acids is 1. The molecule has 1 aliphatic heterocycles. The maximum atomic E-state index is 13.6. The molecule has 0 spiro atoms. The number of carbonyl (C=O) groups is 1. The summed E-state index contributed by atoms with van der Waals surface area (Å²) in [5.74, 6) is -7.00. The maximum absolute atomic E-state index is 13.6. The van der Waals surface area contributed by atoms with Gasteiger partial charge in [0.05, 0.1) is 6.10 Å². The van der Waals surface area contributed by atoms with Crippen LogP contribution in [0.2, 0.25) is 0 Å². The molecule has 2 N–H and O–H groups in total. The number of hydrogen-bond donors (Lipinski definition) is 2. The van der Waals surface area contributed by atoms with Crippen LogP contribution in [0.5, 0.6) is 0 Å². The Morgan fingerprint density at radius 2 is 1.86 bits per heavy atom. The molecule has 1 saturated heterocycles. The van der Waals surface area contributed by atoms with Gasteiger partial charge in [-0.2, -0.15) is 4.31 Å². The van der Waals surface area contributed by atoms with Crippen molar-refractivity contribution in [3.05, 3.63) is 29.6 Å². The van der Waals surface area contributed by atoms with Crippen LogP contribution in [-0.2, 0) is 14.8 Å². The Balaban J connectivity index is 2.52. The molecule has 10 heteroatoms. The fourth-order valence-corrected chi connectivity index (χ4v) is 3.80. The fraction of sp³-hybridized carbons (Fsp3) is 0.364. The van der Waals surface area contributed by atoms with E-state index in [1.807, 2.05) is 0 Å². The van der Waals surface area contributed by atoms with Crippen molar-refractivity contribution in [2.45, 2.75) is 23.5 Å². The van der Waals surface area contributed by atoms with E-state index in [2.05, 4.69) is 0 Å². The molecular formula is C11H10F3NO5S. The van der Waals surface area contributed by atoms with Gasteiger partial charge >= 0.3 is 5.97 Å². The van der Waals surface area contributed by atoms with E-state index < -0.39 is 57.0 Å². The molecule has 21 heavy (non-hydrogen) atoms. The minimum absolute atomic E-state index is 0.357. The predicted molar refractivity (Wildman–Crippen MR) is 62.3 cm³/mol. The third-order valence-electron chi connectivity index (χ3n) is 3.11. The summed E-state index contributed by atoms with van der Waals surface area (Å²) in [5, 5.41) is 18.3. The fourth-order valence-electron chi connectivity index (χ4n) is 2.11. The minimum atomic E-state index is -4.72. The highest BCUT2D eigenvalue weighted by Crippen LogP contribution is 2.29. The van der Waals surface area contributed by atoms with Gasteiger partial charge < -0.3 is 10.2 Å². The molecule has 1 fully saturated rings. The number of β-amino-alcohol motifs (C(OH)–C–C–N with tert-alkyl or cyclic N) is 1. The summed E-state index contributed by atoms with van der Waals surface area (Å²) in [6.45, 7) is -0.572. The van der Waals surface area contributed by atoms with Gasteiger partial charge in [-0.05, 0) is 12.1 Å². The number of sulfonamides is 1. The Bertz CT molecular complexity index is 693. The number of rotatable bonds is 3. The standard InChI is InChI=1S/C11H10F3NO5S/c12-6-1-2-8(10(14)9(6)13)21(19,20)15-4-5(16)3-7(15)11(17)18/h1-2,5,7,16H,3-4H2,(H,17,18). The number of nitrogens with zero attached hydrogens (tertiary/aromatic N) is 1.